The van der Waals surface area contributed by atoms with Gasteiger partial charge in [-0.05, 0) is 61.6 Å². The van der Waals surface area contributed by atoms with Gasteiger partial charge in [-0.2, -0.15) is 0 Å². The molecule has 31 heavy (non-hydrogen) atoms. The van der Waals surface area contributed by atoms with Crippen molar-refractivity contribution < 1.29 is 18.7 Å². The molecule has 0 unspecified atom stereocenters. The van der Waals surface area contributed by atoms with Crippen LogP contribution in [-0.4, -0.2) is 12.9 Å². The maximum Gasteiger partial charge on any atom is 0.295 e. The fourth-order valence-corrected chi connectivity index (χ4v) is 5.50. The summed E-state index contributed by atoms with van der Waals surface area (Å²) >= 11 is 0. The molecule has 1 aromatic heterocycles. The van der Waals surface area contributed by atoms with Crippen molar-refractivity contribution in [1.29, 1.82) is 0 Å². The average Bonchev–Trinajstić information content (AvgIpc) is 3.10. The van der Waals surface area contributed by atoms with E-state index in [9.17, 15) is 9.59 Å². The lowest BCUT2D eigenvalue weighted by Gasteiger charge is -2.38. The van der Waals surface area contributed by atoms with Gasteiger partial charge >= 0.3 is 0 Å². The van der Waals surface area contributed by atoms with Crippen LogP contribution < -0.4 is 10.2 Å². The molecule has 5 nitrogen and oxygen atoms in total. The molecule has 1 aliphatic heterocycles. The molecule has 2 heterocycles. The molecule has 166 valence electrons. The van der Waals surface area contributed by atoms with Crippen LogP contribution in [0, 0.1) is 30.6 Å². The average molecular weight is 425 g/mol. The molecule has 5 heteroatoms. The number of ketones is 1. The van der Waals surface area contributed by atoms with Gasteiger partial charge in [0.25, 0.3) is 5.95 Å². The maximum absolute atomic E-state index is 13.7. The summed E-state index contributed by atoms with van der Waals surface area (Å²) in [6.45, 7) is 10.2. The largest absolute Gasteiger partial charge is 0.481 e. The molecule has 0 saturated heterocycles. The van der Waals surface area contributed by atoms with E-state index in [1.165, 1.54) is 7.11 Å². The number of Topliss-reactive ketones (excluding diaryl/α,β-unsaturated/α-hetero) is 1. The van der Waals surface area contributed by atoms with Gasteiger partial charge in [0.1, 0.15) is 17.3 Å². The van der Waals surface area contributed by atoms with Crippen LogP contribution >= 0.6 is 0 Å². The van der Waals surface area contributed by atoms with Crippen molar-refractivity contribution >= 4 is 16.8 Å². The highest BCUT2D eigenvalue weighted by atomic mass is 16.6. The third-order valence-electron chi connectivity index (χ3n) is 7.01. The number of ether oxygens (including phenoxy) is 2. The Balaban J connectivity index is 1.92. The highest BCUT2D eigenvalue weighted by Gasteiger charge is 2.49. The van der Waals surface area contributed by atoms with Crippen molar-refractivity contribution in [3.05, 3.63) is 50.9 Å². The van der Waals surface area contributed by atoms with Crippen LogP contribution in [0.3, 0.4) is 0 Å². The van der Waals surface area contributed by atoms with Gasteiger partial charge in [-0.1, -0.05) is 32.9 Å². The number of hydrogen-bond donors (Lipinski definition) is 0. The number of carbonyl (C=O) groups is 1. The monoisotopic (exact) mass is 424 g/mol. The Morgan fingerprint density at radius 3 is 2.65 bits per heavy atom. The maximum atomic E-state index is 13.7. The van der Waals surface area contributed by atoms with Crippen molar-refractivity contribution in [2.45, 2.75) is 60.0 Å². The van der Waals surface area contributed by atoms with E-state index in [0.29, 0.717) is 34.6 Å². The molecule has 1 aliphatic carbocycles. The van der Waals surface area contributed by atoms with Gasteiger partial charge < -0.3 is 13.9 Å². The molecule has 2 aromatic rings. The number of benzene rings is 1. The quantitative estimate of drug-likeness (QED) is 0.613. The minimum Gasteiger partial charge on any atom is -0.481 e. The Kier molecular flexibility index (Phi) is 5.71. The molecule has 4 rings (SSSR count). The lowest BCUT2D eigenvalue weighted by atomic mass is 9.76. The summed E-state index contributed by atoms with van der Waals surface area (Å²) in [5.41, 5.74) is 2.64. The second kappa shape index (κ2) is 8.18. The first-order chi connectivity index (χ1) is 14.7. The number of hydrogen-bond acceptors (Lipinski definition) is 5. The molecular formula is C26H32O5. The van der Waals surface area contributed by atoms with Gasteiger partial charge in [0.15, 0.2) is 11.5 Å². The third-order valence-corrected chi connectivity index (χ3v) is 7.01. The summed E-state index contributed by atoms with van der Waals surface area (Å²) in [6.07, 6.45) is 1.90. The predicted octanol–water partition coefficient (Wildman–Crippen LogP) is 5.73. The molecule has 0 spiro atoms. The molecule has 0 bridgehead atoms. The lowest BCUT2D eigenvalue weighted by molar-refractivity contribution is -0.123. The van der Waals surface area contributed by atoms with Gasteiger partial charge in [0.05, 0.1) is 12.5 Å². The number of methoxy groups -OCH3 is 1. The van der Waals surface area contributed by atoms with Crippen LogP contribution in [-0.2, 0) is 9.53 Å². The van der Waals surface area contributed by atoms with Gasteiger partial charge in [-0.15, -0.1) is 0 Å². The zero-order valence-electron chi connectivity index (χ0n) is 19.3. The summed E-state index contributed by atoms with van der Waals surface area (Å²) in [5, 5.41) is 0.547. The first kappa shape index (κ1) is 21.7. The number of fused-ring (bicyclic) bond motifs is 2. The first-order valence-corrected chi connectivity index (χ1v) is 11.3. The minimum atomic E-state index is -0.562. The molecule has 4 atom stereocenters. The molecule has 2 aliphatic rings. The molecule has 1 saturated carbocycles. The van der Waals surface area contributed by atoms with Gasteiger partial charge in [0, 0.05) is 12.3 Å². The summed E-state index contributed by atoms with van der Waals surface area (Å²) in [4.78, 5) is 26.8. The van der Waals surface area contributed by atoms with Crippen molar-refractivity contribution in [1.82, 2.24) is 0 Å². The Morgan fingerprint density at radius 2 is 1.97 bits per heavy atom. The number of rotatable bonds is 5. The van der Waals surface area contributed by atoms with Gasteiger partial charge in [-0.3, -0.25) is 9.59 Å². The number of carbonyl (C=O) groups excluding carboxylic acids is 1. The fraction of sp³-hybridized carbons (Fsp3) is 0.538. The molecule has 0 N–H and O–H groups in total. The Labute approximate surface area is 183 Å². The molecular weight excluding hydrogens is 392 g/mol. The summed E-state index contributed by atoms with van der Waals surface area (Å²) in [5.74, 6) is 1.55. The van der Waals surface area contributed by atoms with E-state index in [4.69, 9.17) is 13.9 Å². The standard InChI is InChI=1S/C26H32O5/c1-13(2)12-18(27)24-16(5)17-11-10-15(4)20(17)25(31-24)22-23(28)21-14(3)8-7-9-19(21)30-26(22)29-6/h7-9,13,15,17,20,25H,10-12H2,1-6H3/t15-,17+,20+,25+/m0/s1. The van der Waals surface area contributed by atoms with Crippen molar-refractivity contribution in [3.8, 4) is 5.95 Å². The van der Waals surface area contributed by atoms with Crippen LogP contribution in [0.25, 0.3) is 11.0 Å². The second-order valence-electron chi connectivity index (χ2n) is 9.59. The Morgan fingerprint density at radius 1 is 1.23 bits per heavy atom. The van der Waals surface area contributed by atoms with Crippen molar-refractivity contribution in [2.24, 2.45) is 23.7 Å². The van der Waals surface area contributed by atoms with E-state index in [2.05, 4.69) is 6.92 Å². The SMILES string of the molecule is COc1oc2cccc(C)c2c(=O)c1[C@@H]1OC(C(=O)CC(C)C)=C(C)[C@H]2CC[C@H](C)[C@H]21. The lowest BCUT2D eigenvalue weighted by Crippen LogP contribution is -2.35. The summed E-state index contributed by atoms with van der Waals surface area (Å²) in [6, 6.07) is 5.54. The normalized spacial score (nSPS) is 25.6. The number of aryl methyl sites for hydroxylation is 1. The molecule has 1 aromatic carbocycles. The highest BCUT2D eigenvalue weighted by molar-refractivity contribution is 5.94. The Hall–Kier alpha value is -2.56. The van der Waals surface area contributed by atoms with Gasteiger partial charge in [-0.25, -0.2) is 0 Å². The molecule has 1 fully saturated rings. The van der Waals surface area contributed by atoms with Crippen LogP contribution in [0.1, 0.15) is 64.2 Å². The molecule has 0 amide bonds. The highest BCUT2D eigenvalue weighted by Crippen LogP contribution is 2.54. The van der Waals surface area contributed by atoms with E-state index in [-0.39, 0.29) is 34.9 Å². The predicted molar refractivity (Wildman–Crippen MR) is 120 cm³/mol. The van der Waals surface area contributed by atoms with Crippen LogP contribution in [0.2, 0.25) is 0 Å². The minimum absolute atomic E-state index is 0.0100. The van der Waals surface area contributed by atoms with E-state index in [0.717, 1.165) is 24.0 Å². The zero-order chi connectivity index (χ0) is 22.4. The second-order valence-corrected chi connectivity index (χ2v) is 9.59. The number of allylic oxidation sites excluding steroid dienone is 2. The first-order valence-electron chi connectivity index (χ1n) is 11.3. The molecule has 0 radical (unpaired) electrons. The summed E-state index contributed by atoms with van der Waals surface area (Å²) < 4.78 is 18.0. The van der Waals surface area contributed by atoms with E-state index in [1.54, 1.807) is 6.07 Å². The topological polar surface area (TPSA) is 65.7 Å². The smallest absolute Gasteiger partial charge is 0.295 e. The fourth-order valence-electron chi connectivity index (χ4n) is 5.50. The van der Waals surface area contributed by atoms with Crippen LogP contribution in [0.4, 0.5) is 0 Å². The van der Waals surface area contributed by atoms with Crippen LogP contribution in [0.5, 0.6) is 5.95 Å². The zero-order valence-corrected chi connectivity index (χ0v) is 19.3. The van der Waals surface area contributed by atoms with E-state index in [1.807, 2.05) is 39.8 Å². The van der Waals surface area contributed by atoms with Gasteiger partial charge in [0.2, 0.25) is 5.43 Å². The van der Waals surface area contributed by atoms with Crippen LogP contribution in [0.15, 0.2) is 38.7 Å². The van der Waals surface area contributed by atoms with E-state index >= 15 is 0 Å². The van der Waals surface area contributed by atoms with E-state index < -0.39 is 6.10 Å². The summed E-state index contributed by atoms with van der Waals surface area (Å²) in [7, 11) is 1.51. The van der Waals surface area contributed by atoms with Crippen molar-refractivity contribution in [2.75, 3.05) is 7.11 Å². The Bertz CT molecular complexity index is 1110. The van der Waals surface area contributed by atoms with Crippen molar-refractivity contribution in [3.63, 3.8) is 0 Å². The third kappa shape index (κ3) is 3.58.